The van der Waals surface area contributed by atoms with Gasteiger partial charge in [-0.2, -0.15) is 18.2 Å². The fraction of sp³-hybridized carbons (Fsp3) is 0.625. The Morgan fingerprint density at radius 2 is 2.00 bits per heavy atom. The molecule has 104 valence electrons. The molecule has 1 rings (SSSR count). The number of aromatic amines is 1. The fourth-order valence-corrected chi connectivity index (χ4v) is 0.941. The van der Waals surface area contributed by atoms with Gasteiger partial charge in [-0.25, -0.2) is 0 Å². The molecule has 1 amide bonds. The van der Waals surface area contributed by atoms with Crippen molar-refractivity contribution < 1.29 is 18.0 Å². The quantitative estimate of drug-likeness (QED) is 0.777. The predicted octanol–water partition coefficient (Wildman–Crippen LogP) is 1.17. The van der Waals surface area contributed by atoms with Crippen LogP contribution in [0.4, 0.5) is 19.1 Å². The minimum Gasteiger partial charge on any atom is -0.320 e. The molecule has 0 radical (unpaired) electrons. The molecule has 1 atom stereocenters. The second-order valence-electron chi connectivity index (χ2n) is 3.76. The number of carbonyl (C=O) groups is 1. The fourth-order valence-electron chi connectivity index (χ4n) is 0.941. The molecule has 0 saturated carbocycles. The minimum atomic E-state index is -4.63. The Kier molecular flexibility index (Phi) is 5.55. The number of hydrogen-bond acceptors (Lipinski definition) is 4. The third kappa shape index (κ3) is 4.15. The van der Waals surface area contributed by atoms with Crippen LogP contribution in [0.5, 0.6) is 0 Å². The molecule has 1 unspecified atom stereocenters. The monoisotopic (exact) mass is 287 g/mol. The number of nitrogens with one attached hydrogen (secondary N) is 2. The van der Waals surface area contributed by atoms with Crippen molar-refractivity contribution in [1.82, 2.24) is 15.2 Å². The van der Waals surface area contributed by atoms with Crippen LogP contribution in [-0.2, 0) is 11.0 Å². The number of nitrogens with zero attached hydrogens (tertiary/aromatic N) is 2. The summed E-state index contributed by atoms with van der Waals surface area (Å²) in [6.45, 7) is 3.42. The molecule has 10 heteroatoms. The lowest BCUT2D eigenvalue weighted by Gasteiger charge is -2.13. The maximum Gasteiger partial charge on any atom is 0.451 e. The van der Waals surface area contributed by atoms with Gasteiger partial charge in [0.2, 0.25) is 17.7 Å². The van der Waals surface area contributed by atoms with E-state index < -0.39 is 29.9 Å². The minimum absolute atomic E-state index is 0. The number of aromatic nitrogens is 3. The molecule has 0 aromatic carbocycles. The smallest absolute Gasteiger partial charge is 0.320 e. The standard InChI is InChI=1S/C8H12F3N5O.ClH/c1-3(2)4(12)5(17)13-7-14-6(15-16-7)8(9,10)11;/h3-4H,12H2,1-2H3,(H2,13,14,15,16,17);1H. The molecule has 0 saturated heterocycles. The van der Waals surface area contributed by atoms with E-state index in [9.17, 15) is 18.0 Å². The Morgan fingerprint density at radius 1 is 1.44 bits per heavy atom. The molecule has 18 heavy (non-hydrogen) atoms. The summed E-state index contributed by atoms with van der Waals surface area (Å²) in [6, 6.07) is -0.831. The van der Waals surface area contributed by atoms with Crippen molar-refractivity contribution in [2.75, 3.05) is 5.32 Å². The lowest BCUT2D eigenvalue weighted by Crippen LogP contribution is -2.40. The summed E-state index contributed by atoms with van der Waals surface area (Å²) >= 11 is 0. The third-order valence-electron chi connectivity index (χ3n) is 2.01. The number of nitrogens with two attached hydrogens (primary N) is 1. The summed E-state index contributed by atoms with van der Waals surface area (Å²) in [5.41, 5.74) is 5.50. The van der Waals surface area contributed by atoms with Gasteiger partial charge in [0.25, 0.3) is 0 Å². The maximum absolute atomic E-state index is 12.2. The first-order chi connectivity index (χ1) is 7.71. The molecule has 0 fully saturated rings. The molecule has 0 aliphatic heterocycles. The first kappa shape index (κ1) is 16.6. The zero-order chi connectivity index (χ0) is 13.2. The van der Waals surface area contributed by atoms with Crippen LogP contribution < -0.4 is 11.1 Å². The van der Waals surface area contributed by atoms with Crippen molar-refractivity contribution in [3.05, 3.63) is 5.82 Å². The van der Waals surface area contributed by atoms with Crippen LogP contribution in [0, 0.1) is 5.92 Å². The number of carbonyl (C=O) groups excluding carboxylic acids is 1. The number of rotatable bonds is 3. The van der Waals surface area contributed by atoms with Gasteiger partial charge in [-0.15, -0.1) is 17.5 Å². The Balaban J connectivity index is 0.00000289. The summed E-state index contributed by atoms with van der Waals surface area (Å²) in [5, 5.41) is 7.00. The zero-order valence-corrected chi connectivity index (χ0v) is 10.4. The Morgan fingerprint density at radius 3 is 2.39 bits per heavy atom. The van der Waals surface area contributed by atoms with E-state index in [4.69, 9.17) is 5.73 Å². The molecule has 1 aromatic heterocycles. The van der Waals surface area contributed by atoms with Crippen LogP contribution in [0.2, 0.25) is 0 Å². The average molecular weight is 288 g/mol. The lowest BCUT2D eigenvalue weighted by molar-refractivity contribution is -0.144. The van der Waals surface area contributed by atoms with Crippen LogP contribution in [0.15, 0.2) is 0 Å². The van der Waals surface area contributed by atoms with Gasteiger partial charge in [0, 0.05) is 0 Å². The number of amides is 1. The average Bonchev–Trinajstić information content (AvgIpc) is 2.64. The van der Waals surface area contributed by atoms with Crippen molar-refractivity contribution in [3.63, 3.8) is 0 Å². The molecular formula is C8H13ClF3N5O. The SMILES string of the molecule is CC(C)C(N)C(=O)Nc1n[nH]c(C(F)(F)F)n1.Cl. The molecule has 1 heterocycles. The molecule has 4 N–H and O–H groups in total. The maximum atomic E-state index is 12.2. The summed E-state index contributed by atoms with van der Waals surface area (Å²) in [6.07, 6.45) is -4.63. The first-order valence-electron chi connectivity index (χ1n) is 4.78. The highest BCUT2D eigenvalue weighted by Crippen LogP contribution is 2.26. The molecule has 0 aliphatic carbocycles. The topological polar surface area (TPSA) is 96.7 Å². The van der Waals surface area contributed by atoms with E-state index in [-0.39, 0.29) is 18.3 Å². The van der Waals surface area contributed by atoms with Crippen molar-refractivity contribution in [2.24, 2.45) is 11.7 Å². The Labute approximate surface area is 107 Å². The first-order valence-corrected chi connectivity index (χ1v) is 4.78. The van der Waals surface area contributed by atoms with Crippen molar-refractivity contribution >= 4 is 24.3 Å². The van der Waals surface area contributed by atoms with E-state index in [0.717, 1.165) is 0 Å². The van der Waals surface area contributed by atoms with Crippen molar-refractivity contribution in [2.45, 2.75) is 26.1 Å². The molecular weight excluding hydrogens is 275 g/mol. The van der Waals surface area contributed by atoms with Gasteiger partial charge in [0.15, 0.2) is 0 Å². The van der Waals surface area contributed by atoms with Crippen molar-refractivity contribution in [3.8, 4) is 0 Å². The second-order valence-corrected chi connectivity index (χ2v) is 3.76. The number of hydrogen-bond donors (Lipinski definition) is 3. The summed E-state index contributed by atoms with van der Waals surface area (Å²) in [7, 11) is 0. The molecule has 0 spiro atoms. The van der Waals surface area contributed by atoms with Gasteiger partial charge in [0.05, 0.1) is 6.04 Å². The Bertz CT molecular complexity index is 406. The largest absolute Gasteiger partial charge is 0.451 e. The molecule has 0 bridgehead atoms. The Hall–Kier alpha value is -1.35. The molecule has 1 aromatic rings. The zero-order valence-electron chi connectivity index (χ0n) is 9.58. The van der Waals surface area contributed by atoms with Gasteiger partial charge >= 0.3 is 6.18 Å². The third-order valence-corrected chi connectivity index (χ3v) is 2.01. The number of H-pyrrole nitrogens is 1. The van der Waals surface area contributed by atoms with Crippen molar-refractivity contribution in [1.29, 1.82) is 0 Å². The van der Waals surface area contributed by atoms with Gasteiger partial charge in [-0.05, 0) is 5.92 Å². The van der Waals surface area contributed by atoms with E-state index in [1.54, 1.807) is 18.9 Å². The van der Waals surface area contributed by atoms with E-state index >= 15 is 0 Å². The molecule has 6 nitrogen and oxygen atoms in total. The van der Waals surface area contributed by atoms with Gasteiger partial charge in [0.1, 0.15) is 0 Å². The van der Waals surface area contributed by atoms with Crippen LogP contribution in [-0.4, -0.2) is 27.1 Å². The summed E-state index contributed by atoms with van der Waals surface area (Å²) < 4.78 is 36.5. The molecule has 0 aliphatic rings. The van der Waals surface area contributed by atoms with Gasteiger partial charge in [-0.1, -0.05) is 13.8 Å². The summed E-state index contributed by atoms with van der Waals surface area (Å²) in [5.74, 6) is -2.49. The highest BCUT2D eigenvalue weighted by molar-refractivity contribution is 5.93. The number of alkyl halides is 3. The van der Waals surface area contributed by atoms with Gasteiger partial charge in [-0.3, -0.25) is 15.2 Å². The van der Waals surface area contributed by atoms with Gasteiger partial charge < -0.3 is 5.73 Å². The summed E-state index contributed by atoms with van der Waals surface area (Å²) in [4.78, 5) is 14.5. The van der Waals surface area contributed by atoms with Crippen LogP contribution >= 0.6 is 12.4 Å². The normalized spacial score (nSPS) is 13.1. The lowest BCUT2D eigenvalue weighted by atomic mass is 10.1. The van der Waals surface area contributed by atoms with Crippen LogP contribution in [0.25, 0.3) is 0 Å². The number of anilines is 1. The highest BCUT2D eigenvalue weighted by Gasteiger charge is 2.35. The van der Waals surface area contributed by atoms with E-state index in [2.05, 4.69) is 15.4 Å². The predicted molar refractivity (Wildman–Crippen MR) is 60.1 cm³/mol. The van der Waals surface area contributed by atoms with E-state index in [1.165, 1.54) is 0 Å². The van der Waals surface area contributed by atoms with E-state index in [1.807, 2.05) is 0 Å². The number of halogens is 4. The van der Waals surface area contributed by atoms with Crippen LogP contribution in [0.1, 0.15) is 19.7 Å². The van der Waals surface area contributed by atoms with Crippen LogP contribution in [0.3, 0.4) is 0 Å². The second kappa shape index (κ2) is 6.01. The van der Waals surface area contributed by atoms with E-state index in [0.29, 0.717) is 0 Å². The highest BCUT2D eigenvalue weighted by atomic mass is 35.5.